The molecular formula is C70H86N32O35P6. The predicted molar refractivity (Wildman–Crippen MR) is 471 cm³/mol. The third-order valence-electron chi connectivity index (χ3n) is 24.1. The summed E-state index contributed by atoms with van der Waals surface area (Å²) in [6.07, 6.45) is -17.2. The second-order valence-electron chi connectivity index (χ2n) is 33.2. The predicted octanol–water partition coefficient (Wildman–Crippen LogP) is -0.243. The van der Waals surface area contributed by atoms with E-state index in [4.69, 9.17) is 122 Å². The van der Waals surface area contributed by atoms with Crippen LogP contribution in [0.1, 0.15) is 94.1 Å². The fourth-order valence-corrected chi connectivity index (χ4v) is 23.1. The third-order valence-corrected chi connectivity index (χ3v) is 30.2. The van der Waals surface area contributed by atoms with Crippen molar-refractivity contribution in [3.63, 3.8) is 0 Å². The number of nitrogen functional groups attached to an aromatic ring is 6. The number of nitrogens with one attached hydrogen (secondary N) is 1. The first-order valence-electron chi connectivity index (χ1n) is 42.9. The Bertz CT molecular complexity index is 7390. The Hall–Kier alpha value is -10.9. The summed E-state index contributed by atoms with van der Waals surface area (Å²) in [5.41, 5.74) is 36.6. The topological polar surface area (TPSA) is 912 Å². The first-order chi connectivity index (χ1) is 68.2. The van der Waals surface area contributed by atoms with E-state index in [1.54, 1.807) is 0 Å². The zero-order chi connectivity index (χ0) is 100. The maximum atomic E-state index is 14.8. The van der Waals surface area contributed by atoms with Crippen LogP contribution < -0.4 is 45.7 Å². The smallest absolute Gasteiger partial charge is 0.394 e. The molecule has 13 aromatic heterocycles. The molecule has 67 nitrogen and oxygen atoms in total. The molecule has 7 saturated heterocycles. The summed E-state index contributed by atoms with van der Waals surface area (Å²) in [6.45, 7) is -5.15. The lowest BCUT2D eigenvalue weighted by Gasteiger charge is -2.26. The minimum absolute atomic E-state index is 0.0328. The minimum Gasteiger partial charge on any atom is -0.394 e. The van der Waals surface area contributed by atoms with Gasteiger partial charge in [-0.2, -0.15) is 0 Å². The van der Waals surface area contributed by atoms with E-state index in [1.807, 2.05) is 0 Å². The molecule has 766 valence electrons. The van der Waals surface area contributed by atoms with Crippen LogP contribution in [0.15, 0.2) is 91.7 Å². The lowest BCUT2D eigenvalue weighted by atomic mass is 10.2. The Balaban J connectivity index is 0.520. The van der Waals surface area contributed by atoms with Crippen molar-refractivity contribution in [1.29, 1.82) is 0 Å². The van der Waals surface area contributed by atoms with Gasteiger partial charge in [-0.15, -0.1) is 0 Å². The van der Waals surface area contributed by atoms with Gasteiger partial charge in [-0.1, -0.05) is 0 Å². The van der Waals surface area contributed by atoms with Crippen molar-refractivity contribution in [2.75, 3.05) is 80.7 Å². The van der Waals surface area contributed by atoms with Gasteiger partial charge in [-0.05, 0) is 6.92 Å². The normalized spacial score (nSPS) is 29.5. The monoisotopic (exact) mass is 2120 g/mol. The Kier molecular flexibility index (Phi) is 27.4. The zero-order valence-corrected chi connectivity index (χ0v) is 78.8. The summed E-state index contributed by atoms with van der Waals surface area (Å²) < 4.78 is 207. The number of hydrogen-bond donors (Lipinski definition) is 15. The Morgan fingerprint density at radius 2 is 0.517 bits per heavy atom. The molecule has 0 amide bonds. The van der Waals surface area contributed by atoms with E-state index < -0.39 is 253 Å². The molecule has 0 aromatic carbocycles. The number of nitrogens with zero attached hydrogens (tertiary/aromatic N) is 25. The molecule has 0 saturated carbocycles. The molecular weight excluding hydrogens is 2030 g/mol. The molecule has 143 heavy (non-hydrogen) atoms. The number of rotatable bonds is 38. The van der Waals surface area contributed by atoms with E-state index in [0.29, 0.717) is 0 Å². The number of aromatic amines is 1. The average Bonchev–Trinajstić information content (AvgIpc) is 1.65. The zero-order valence-electron chi connectivity index (χ0n) is 73.5. The van der Waals surface area contributed by atoms with Crippen LogP contribution in [0, 0.1) is 6.92 Å². The fraction of sp³-hybridized carbons (Fsp3) is 0.514. The third kappa shape index (κ3) is 20.9. The molecule has 0 spiro atoms. The molecule has 0 radical (unpaired) electrons. The maximum absolute atomic E-state index is 14.8. The van der Waals surface area contributed by atoms with Gasteiger partial charge in [-0.3, -0.25) is 96.0 Å². The van der Waals surface area contributed by atoms with E-state index in [9.17, 15) is 76.6 Å². The molecule has 20 rings (SSSR count). The summed E-state index contributed by atoms with van der Waals surface area (Å²) in [5.74, 6) is -0.233. The maximum Gasteiger partial charge on any atom is 0.472 e. The number of aliphatic hydroxyl groups is 2. The summed E-state index contributed by atoms with van der Waals surface area (Å²) in [5, 5.41) is 21.3. The van der Waals surface area contributed by atoms with Crippen LogP contribution in [0.5, 0.6) is 0 Å². The van der Waals surface area contributed by atoms with E-state index in [-0.39, 0.29) is 133 Å². The van der Waals surface area contributed by atoms with E-state index in [2.05, 4.69) is 94.7 Å². The number of H-pyrrole nitrogens is 1. The first kappa shape index (κ1) is 99.4. The van der Waals surface area contributed by atoms with Crippen LogP contribution in [-0.4, -0.2) is 298 Å². The van der Waals surface area contributed by atoms with Gasteiger partial charge in [0.2, 0.25) is 0 Å². The SMILES string of the molecule is Cc1cn([C@H]2C[C@H](O)[C@@H](COP(=O)(O)O[C@H]3C[C@H](n4cnc5c(N)ncnc54)O[C@@H]3COP(=O)(O)O[C@H]3C[C@H](n4cnc5c(N)ncnc54)O[C@@H]3COP(=O)(O)O[C@H]3C[C@H](n4cnc5c(N)ncnc54)O[C@@H]3COP(=O)(O)O[C@H]3C[C@H](n4cnc5c(N)ncnc54)O[C@@H]3COP(=O)(O)O[C@H]3C[C@H](n4cnc5c(N)ncnc54)O[C@@H]3COP(=O)(O)O[C@H]3C[C@H](n4cnc5c(N)ncnc54)O[C@@H]3CO)O2)c(=O)[nH]c1=O. The van der Waals surface area contributed by atoms with Crippen LogP contribution in [-0.2, 0) is 115 Å². The number of anilines is 6. The number of fused-ring (bicyclic) bond motifs is 6. The van der Waals surface area contributed by atoms with E-state index in [0.717, 1.165) is 36.2 Å². The number of aryl methyl sites for hydroxylation is 1. The standard InChI is InChI=1S/C70H86N32O35P6/c1-29-9-96(70(106)95-69(29)105)44-2-30(104)38(126-44)11-119-138(107,108)133-32-4-46(98-24-90-52-58(72)78-18-84-64(52)98)128-40(32)13-121-140(111,112)135-34-6-48(100-26-92-54-60(74)80-20-86-66(54)100)130-42(34)15-123-142(115,116)137-36-8-50(102-28-94-56-62(76)82-22-88-68(56)102)131-43(36)16-124-143(117,118)136-35-7-49(101-27-93-55-61(75)81-21-87-67(55)101)129-41(35)14-122-141(113,114)134-33-5-47(99-25-91-53-59(73)79-19-85-65(53)99)127-39(33)12-120-139(109,110)132-31-3-45(125-37(31)10-103)97-23-89-51-57(71)77-17-83-63(51)97/h9,17-28,30-50,103-104H,2-8,10-16H2,1H3,(H,107,108)(H,109,110)(H,111,112)(H,113,114)(H,115,116)(H,117,118)(H2,71,77,83)(H2,72,78,84)(H2,73,79,85)(H2,74,80,86)(H2,75,81,87)(H2,76,82,88)(H,95,105,106)/t30-,31-,32-,33-,34-,35-,36-,37+,38+,39+,40+,41+,42+,43+,44+,45+,46+,47+,48+,49+,50+/m0/s1. The second kappa shape index (κ2) is 39.5. The van der Waals surface area contributed by atoms with Crippen LogP contribution in [0.2, 0.25) is 0 Å². The lowest BCUT2D eigenvalue weighted by molar-refractivity contribution is -0.0644. The van der Waals surface area contributed by atoms with Crippen molar-refractivity contribution < 1.29 is 154 Å². The van der Waals surface area contributed by atoms with Gasteiger partial charge >= 0.3 is 52.6 Å². The Morgan fingerprint density at radius 3 is 0.748 bits per heavy atom. The van der Waals surface area contributed by atoms with Crippen molar-refractivity contribution >= 4 is 149 Å². The molecule has 0 bridgehead atoms. The highest BCUT2D eigenvalue weighted by atomic mass is 31.2. The first-order valence-corrected chi connectivity index (χ1v) is 51.9. The summed E-state index contributed by atoms with van der Waals surface area (Å²) in [6, 6.07) is 0. The van der Waals surface area contributed by atoms with Crippen LogP contribution >= 0.6 is 46.9 Å². The minimum atomic E-state index is -5.62. The van der Waals surface area contributed by atoms with Crippen molar-refractivity contribution in [3.8, 4) is 0 Å². The second-order valence-corrected chi connectivity index (χ2v) is 41.7. The van der Waals surface area contributed by atoms with E-state index >= 15 is 0 Å². The number of imidazole rings is 6. The molecule has 0 aliphatic carbocycles. The quantitative estimate of drug-likeness (QED) is 0.0222. The molecule has 13 aromatic rings. The van der Waals surface area contributed by atoms with Crippen molar-refractivity contribution in [2.45, 2.75) is 181 Å². The number of ether oxygens (including phenoxy) is 7. The van der Waals surface area contributed by atoms with Gasteiger partial charge in [0, 0.05) is 56.7 Å². The number of hydrogen-bond acceptors (Lipinski definition) is 53. The molecule has 73 heteroatoms. The van der Waals surface area contributed by atoms with Gasteiger partial charge in [0.1, 0.15) is 194 Å². The summed E-state index contributed by atoms with van der Waals surface area (Å²) in [4.78, 5) is 172. The van der Waals surface area contributed by atoms with Gasteiger partial charge < -0.3 is 107 Å². The molecule has 27 atom stereocenters. The summed E-state index contributed by atoms with van der Waals surface area (Å²) in [7, 11) is -32.8. The Morgan fingerprint density at radius 1 is 0.315 bits per heavy atom. The van der Waals surface area contributed by atoms with Crippen LogP contribution in [0.4, 0.5) is 34.9 Å². The number of phosphoric acid groups is 6. The molecule has 7 aliphatic rings. The largest absolute Gasteiger partial charge is 0.472 e. The molecule has 21 N–H and O–H groups in total. The molecule has 7 fully saturated rings. The highest BCUT2D eigenvalue weighted by Gasteiger charge is 2.53. The Labute approximate surface area is 796 Å². The van der Waals surface area contributed by atoms with Crippen molar-refractivity contribution in [3.05, 3.63) is 109 Å². The summed E-state index contributed by atoms with van der Waals surface area (Å²) >= 11 is 0. The molecule has 6 unspecified atom stereocenters. The lowest BCUT2D eigenvalue weighted by Crippen LogP contribution is -2.33. The van der Waals surface area contributed by atoms with Gasteiger partial charge in [0.05, 0.1) is 90.3 Å². The molecule has 7 aliphatic heterocycles. The number of aromatic nitrogens is 26. The fourth-order valence-electron chi connectivity index (χ4n) is 17.3. The number of nitrogens with two attached hydrogens (primary N) is 6. The van der Waals surface area contributed by atoms with Crippen molar-refractivity contribution in [1.82, 2.24) is 127 Å². The highest BCUT2D eigenvalue weighted by Crippen LogP contribution is 2.58. The van der Waals surface area contributed by atoms with Crippen LogP contribution in [0.3, 0.4) is 0 Å². The van der Waals surface area contributed by atoms with Gasteiger partial charge in [-0.25, -0.2) is 122 Å². The average molecular weight is 2120 g/mol. The number of aliphatic hydroxyl groups excluding tert-OH is 2. The number of phosphoric ester groups is 6. The molecule has 20 heterocycles. The highest BCUT2D eigenvalue weighted by molar-refractivity contribution is 7.48. The van der Waals surface area contributed by atoms with Crippen LogP contribution in [0.25, 0.3) is 67.0 Å². The van der Waals surface area contributed by atoms with Gasteiger partial charge in [0.25, 0.3) is 5.56 Å². The van der Waals surface area contributed by atoms with Gasteiger partial charge in [0.15, 0.2) is 68.8 Å². The van der Waals surface area contributed by atoms with Crippen molar-refractivity contribution in [2.24, 2.45) is 0 Å². The van der Waals surface area contributed by atoms with E-state index in [1.165, 1.54) is 84.8 Å².